The van der Waals surface area contributed by atoms with Crippen LogP contribution < -0.4 is 5.32 Å². The molecule has 0 saturated heterocycles. The number of carbonyl (C=O) groups excluding carboxylic acids is 1. The monoisotopic (exact) mass is 460 g/mol. The van der Waals surface area contributed by atoms with Crippen molar-refractivity contribution in [3.05, 3.63) is 81.0 Å². The third-order valence-corrected chi connectivity index (χ3v) is 5.54. The van der Waals surface area contributed by atoms with Crippen LogP contribution in [0.25, 0.3) is 5.69 Å². The quantitative estimate of drug-likeness (QED) is 0.582. The maximum Gasteiger partial charge on any atom is 0.254 e. The molecule has 3 aromatic rings. The SMILES string of the molecule is Cc1c(C(=O)NCC(c2ccccc2Cl)N(C)C)cnn1-c1ccc(Br)cc1. The average Bonchev–Trinajstić information content (AvgIpc) is 3.05. The van der Waals surface area contributed by atoms with Crippen LogP contribution in [0.15, 0.2) is 59.2 Å². The fraction of sp³-hybridized carbons (Fsp3) is 0.238. The smallest absolute Gasteiger partial charge is 0.254 e. The molecule has 0 bridgehead atoms. The lowest BCUT2D eigenvalue weighted by Gasteiger charge is -2.26. The summed E-state index contributed by atoms with van der Waals surface area (Å²) in [4.78, 5) is 14.8. The fourth-order valence-corrected chi connectivity index (χ4v) is 3.60. The van der Waals surface area contributed by atoms with Crippen LogP contribution in [0.2, 0.25) is 5.02 Å². The lowest BCUT2D eigenvalue weighted by molar-refractivity contribution is 0.0941. The summed E-state index contributed by atoms with van der Waals surface area (Å²) < 4.78 is 2.76. The number of benzene rings is 2. The summed E-state index contributed by atoms with van der Waals surface area (Å²) in [7, 11) is 3.94. The molecule has 0 radical (unpaired) electrons. The Morgan fingerprint density at radius 3 is 2.54 bits per heavy atom. The number of carbonyl (C=O) groups is 1. The highest BCUT2D eigenvalue weighted by Gasteiger charge is 2.20. The van der Waals surface area contributed by atoms with Gasteiger partial charge in [-0.1, -0.05) is 45.7 Å². The Balaban J connectivity index is 1.76. The molecule has 0 spiro atoms. The predicted octanol–water partition coefficient (Wildman–Crippen LogP) is 4.63. The molecule has 1 aromatic heterocycles. The van der Waals surface area contributed by atoms with Gasteiger partial charge in [0.25, 0.3) is 5.91 Å². The van der Waals surface area contributed by atoms with Gasteiger partial charge in [0.1, 0.15) is 0 Å². The van der Waals surface area contributed by atoms with Gasteiger partial charge in [-0.25, -0.2) is 4.68 Å². The number of halogens is 2. The summed E-state index contributed by atoms with van der Waals surface area (Å²) in [6.45, 7) is 2.33. The Hall–Kier alpha value is -2.15. The van der Waals surface area contributed by atoms with Gasteiger partial charge in [-0.2, -0.15) is 5.10 Å². The summed E-state index contributed by atoms with van der Waals surface area (Å²) in [5, 5.41) is 8.09. The number of amides is 1. The Labute approximate surface area is 178 Å². The van der Waals surface area contributed by atoms with Gasteiger partial charge < -0.3 is 10.2 Å². The molecular formula is C21H22BrClN4O. The molecule has 0 aliphatic rings. The first-order valence-corrected chi connectivity index (χ1v) is 10.0. The molecule has 1 amide bonds. The van der Waals surface area contributed by atoms with Gasteiger partial charge >= 0.3 is 0 Å². The average molecular weight is 462 g/mol. The highest BCUT2D eigenvalue weighted by atomic mass is 79.9. The van der Waals surface area contributed by atoms with Gasteiger partial charge in [0, 0.05) is 16.0 Å². The third kappa shape index (κ3) is 4.46. The van der Waals surface area contributed by atoms with E-state index in [2.05, 4.69) is 26.3 Å². The van der Waals surface area contributed by atoms with Crippen LogP contribution in [0.4, 0.5) is 0 Å². The van der Waals surface area contributed by atoms with Crippen molar-refractivity contribution >= 4 is 33.4 Å². The number of aromatic nitrogens is 2. The Kier molecular flexibility index (Phi) is 6.54. The Bertz CT molecular complexity index is 969. The first-order valence-electron chi connectivity index (χ1n) is 8.88. The molecule has 0 aliphatic carbocycles. The second-order valence-electron chi connectivity index (χ2n) is 6.74. The van der Waals surface area contributed by atoms with E-state index in [1.807, 2.05) is 74.4 Å². The molecule has 1 N–H and O–H groups in total. The minimum absolute atomic E-state index is 0.0283. The van der Waals surface area contributed by atoms with Crippen LogP contribution in [0.3, 0.4) is 0 Å². The van der Waals surface area contributed by atoms with Crippen LogP contribution in [0.1, 0.15) is 27.7 Å². The number of rotatable bonds is 6. The molecule has 1 atom stereocenters. The van der Waals surface area contributed by atoms with Crippen LogP contribution in [-0.2, 0) is 0 Å². The van der Waals surface area contributed by atoms with Gasteiger partial charge in [0.05, 0.1) is 29.2 Å². The number of nitrogens with zero attached hydrogens (tertiary/aromatic N) is 3. The molecule has 0 aliphatic heterocycles. The van der Waals surface area contributed by atoms with Crippen molar-refractivity contribution in [2.75, 3.05) is 20.6 Å². The molecule has 0 saturated carbocycles. The van der Waals surface area contributed by atoms with E-state index in [-0.39, 0.29) is 11.9 Å². The maximum absolute atomic E-state index is 12.8. The van der Waals surface area contributed by atoms with E-state index in [0.717, 1.165) is 21.4 Å². The molecule has 28 heavy (non-hydrogen) atoms. The number of likely N-dealkylation sites (N-methyl/N-ethyl adjacent to an activating group) is 1. The van der Waals surface area contributed by atoms with E-state index in [9.17, 15) is 4.79 Å². The van der Waals surface area contributed by atoms with Crippen LogP contribution >= 0.6 is 27.5 Å². The van der Waals surface area contributed by atoms with Crippen molar-refractivity contribution in [1.82, 2.24) is 20.0 Å². The highest BCUT2D eigenvalue weighted by Crippen LogP contribution is 2.25. The summed E-state index contributed by atoms with van der Waals surface area (Å²) in [6, 6.07) is 15.5. The van der Waals surface area contributed by atoms with E-state index in [1.54, 1.807) is 10.9 Å². The van der Waals surface area contributed by atoms with Gasteiger partial charge in [0.15, 0.2) is 0 Å². The van der Waals surface area contributed by atoms with Crippen LogP contribution in [0, 0.1) is 6.92 Å². The minimum atomic E-state index is -0.153. The van der Waals surface area contributed by atoms with E-state index >= 15 is 0 Å². The highest BCUT2D eigenvalue weighted by molar-refractivity contribution is 9.10. The molecule has 0 fully saturated rings. The largest absolute Gasteiger partial charge is 0.350 e. The molecule has 7 heteroatoms. The van der Waals surface area contributed by atoms with E-state index in [0.29, 0.717) is 17.1 Å². The van der Waals surface area contributed by atoms with Crippen molar-refractivity contribution in [2.24, 2.45) is 0 Å². The normalized spacial score (nSPS) is 12.2. The topological polar surface area (TPSA) is 50.2 Å². The van der Waals surface area contributed by atoms with Gasteiger partial charge in [-0.05, 0) is 56.9 Å². The fourth-order valence-electron chi connectivity index (χ4n) is 3.08. The van der Waals surface area contributed by atoms with Crippen LogP contribution in [0.5, 0.6) is 0 Å². The van der Waals surface area contributed by atoms with Crippen molar-refractivity contribution in [3.8, 4) is 5.69 Å². The number of hydrogen-bond acceptors (Lipinski definition) is 3. The Morgan fingerprint density at radius 2 is 1.89 bits per heavy atom. The maximum atomic E-state index is 12.8. The summed E-state index contributed by atoms with van der Waals surface area (Å²) >= 11 is 9.77. The lowest BCUT2D eigenvalue weighted by atomic mass is 10.1. The molecule has 2 aromatic carbocycles. The summed E-state index contributed by atoms with van der Waals surface area (Å²) in [5.41, 5.74) is 3.23. The van der Waals surface area contributed by atoms with E-state index in [1.165, 1.54) is 0 Å². The predicted molar refractivity (Wildman–Crippen MR) is 116 cm³/mol. The zero-order valence-electron chi connectivity index (χ0n) is 16.0. The number of hydrogen-bond donors (Lipinski definition) is 1. The van der Waals surface area contributed by atoms with Crippen molar-refractivity contribution in [3.63, 3.8) is 0 Å². The van der Waals surface area contributed by atoms with Crippen molar-refractivity contribution in [1.29, 1.82) is 0 Å². The van der Waals surface area contributed by atoms with E-state index in [4.69, 9.17) is 11.6 Å². The van der Waals surface area contributed by atoms with Crippen molar-refractivity contribution < 1.29 is 4.79 Å². The molecule has 146 valence electrons. The zero-order valence-corrected chi connectivity index (χ0v) is 18.3. The molecule has 5 nitrogen and oxygen atoms in total. The van der Waals surface area contributed by atoms with Crippen molar-refractivity contribution in [2.45, 2.75) is 13.0 Å². The van der Waals surface area contributed by atoms with Gasteiger partial charge in [-0.3, -0.25) is 4.79 Å². The Morgan fingerprint density at radius 1 is 1.21 bits per heavy atom. The molecule has 1 heterocycles. The second-order valence-corrected chi connectivity index (χ2v) is 8.07. The van der Waals surface area contributed by atoms with E-state index < -0.39 is 0 Å². The second kappa shape index (κ2) is 8.90. The van der Waals surface area contributed by atoms with Crippen LogP contribution in [-0.4, -0.2) is 41.2 Å². The third-order valence-electron chi connectivity index (χ3n) is 4.67. The molecule has 3 rings (SSSR count). The van der Waals surface area contributed by atoms with Gasteiger partial charge in [-0.15, -0.1) is 0 Å². The first kappa shape index (κ1) is 20.6. The molecule has 1 unspecified atom stereocenters. The van der Waals surface area contributed by atoms with Gasteiger partial charge in [0.2, 0.25) is 0 Å². The lowest BCUT2D eigenvalue weighted by Crippen LogP contribution is -2.34. The number of nitrogens with one attached hydrogen (secondary N) is 1. The summed E-state index contributed by atoms with van der Waals surface area (Å²) in [5.74, 6) is -0.153. The summed E-state index contributed by atoms with van der Waals surface area (Å²) in [6.07, 6.45) is 1.60. The first-order chi connectivity index (χ1) is 13.4. The minimum Gasteiger partial charge on any atom is -0.350 e. The standard InChI is InChI=1S/C21H22BrClN4O/c1-14-18(12-25-27(14)16-10-8-15(22)9-11-16)21(28)24-13-20(26(2)3)17-6-4-5-7-19(17)23/h4-12,20H,13H2,1-3H3,(H,24,28). The zero-order chi connectivity index (χ0) is 20.3. The molecular weight excluding hydrogens is 440 g/mol.